The average Bonchev–Trinajstić information content (AvgIpc) is 2.65. The van der Waals surface area contributed by atoms with E-state index in [9.17, 15) is 0 Å². The maximum atomic E-state index is 5.76. The highest BCUT2D eigenvalue weighted by atomic mass is 16.5. The molecule has 2 N–H and O–H groups in total. The Labute approximate surface area is 102 Å². The van der Waals surface area contributed by atoms with E-state index in [1.54, 1.807) is 7.11 Å². The Balaban J connectivity index is 2.32. The molecule has 0 bridgehead atoms. The number of nitrogen functional groups attached to an aromatic ring is 1. The van der Waals surface area contributed by atoms with E-state index in [4.69, 9.17) is 15.2 Å². The molecule has 0 aliphatic carbocycles. The smallest absolute Gasteiger partial charge is 0.169 e. The van der Waals surface area contributed by atoms with Crippen molar-refractivity contribution in [3.8, 4) is 0 Å². The largest absolute Gasteiger partial charge is 0.385 e. The minimum atomic E-state index is 0.318. The molecule has 0 amide bonds. The number of ether oxygens (including phenoxy) is 2. The molecule has 1 aromatic rings. The van der Waals surface area contributed by atoms with Crippen LogP contribution in [-0.4, -0.2) is 41.9 Å². The highest BCUT2D eigenvalue weighted by Gasteiger charge is 2.13. The normalized spacial score (nSPS) is 11.3. The van der Waals surface area contributed by atoms with Crippen LogP contribution in [0.2, 0.25) is 0 Å². The fourth-order valence-corrected chi connectivity index (χ4v) is 1.65. The zero-order chi connectivity index (χ0) is 12.7. The topological polar surface area (TPSA) is 75.2 Å². The highest BCUT2D eigenvalue weighted by Crippen LogP contribution is 2.18. The van der Waals surface area contributed by atoms with Gasteiger partial charge in [0.15, 0.2) is 5.82 Å². The summed E-state index contributed by atoms with van der Waals surface area (Å²) in [6.07, 6.45) is 0.910. The van der Waals surface area contributed by atoms with Gasteiger partial charge in [0.2, 0.25) is 0 Å². The van der Waals surface area contributed by atoms with Crippen LogP contribution in [-0.2, 0) is 16.0 Å². The van der Waals surface area contributed by atoms with Gasteiger partial charge in [-0.1, -0.05) is 19.1 Å². The molecular weight excluding hydrogens is 220 g/mol. The first-order chi connectivity index (χ1) is 8.16. The first-order valence-electron chi connectivity index (χ1n) is 5.92. The molecule has 1 rings (SSSR count). The number of nitrogens with zero attached hydrogens (tertiary/aromatic N) is 3. The standard InChI is InChI=1S/C11H22N4O2/c1-9(2)10-11(12)13-14-15(10)5-8-17-7-4-6-16-3/h9H,4-8,12H2,1-3H3. The molecule has 0 unspecified atom stereocenters. The van der Waals surface area contributed by atoms with Crippen LogP contribution in [0, 0.1) is 0 Å². The summed E-state index contributed by atoms with van der Waals surface area (Å²) in [4.78, 5) is 0. The van der Waals surface area contributed by atoms with Crippen molar-refractivity contribution >= 4 is 5.82 Å². The minimum absolute atomic E-state index is 0.318. The van der Waals surface area contributed by atoms with Gasteiger partial charge in [0, 0.05) is 20.3 Å². The van der Waals surface area contributed by atoms with Gasteiger partial charge in [-0.15, -0.1) is 5.10 Å². The lowest BCUT2D eigenvalue weighted by Crippen LogP contribution is -2.13. The van der Waals surface area contributed by atoms with Crippen LogP contribution in [0.4, 0.5) is 5.82 Å². The number of nitrogens with two attached hydrogens (primary N) is 1. The molecule has 6 nitrogen and oxygen atoms in total. The first-order valence-corrected chi connectivity index (χ1v) is 5.92. The fourth-order valence-electron chi connectivity index (χ4n) is 1.65. The monoisotopic (exact) mass is 242 g/mol. The van der Waals surface area contributed by atoms with E-state index < -0.39 is 0 Å². The molecule has 0 aromatic carbocycles. The van der Waals surface area contributed by atoms with Crippen molar-refractivity contribution < 1.29 is 9.47 Å². The maximum Gasteiger partial charge on any atom is 0.169 e. The van der Waals surface area contributed by atoms with Gasteiger partial charge in [0.1, 0.15) is 0 Å². The van der Waals surface area contributed by atoms with Gasteiger partial charge >= 0.3 is 0 Å². The molecule has 0 atom stereocenters. The third kappa shape index (κ3) is 4.32. The number of hydrogen-bond donors (Lipinski definition) is 1. The van der Waals surface area contributed by atoms with Crippen LogP contribution in [0.1, 0.15) is 31.9 Å². The van der Waals surface area contributed by atoms with E-state index in [0.29, 0.717) is 31.5 Å². The van der Waals surface area contributed by atoms with Crippen molar-refractivity contribution in [2.75, 3.05) is 32.7 Å². The summed E-state index contributed by atoms with van der Waals surface area (Å²) in [7, 11) is 1.69. The van der Waals surface area contributed by atoms with Gasteiger partial charge < -0.3 is 15.2 Å². The van der Waals surface area contributed by atoms with Gasteiger partial charge in [-0.25, -0.2) is 4.68 Å². The Morgan fingerprint density at radius 2 is 2.06 bits per heavy atom. The number of aromatic nitrogens is 3. The molecular formula is C11H22N4O2. The van der Waals surface area contributed by atoms with E-state index in [1.165, 1.54) is 0 Å². The lowest BCUT2D eigenvalue weighted by Gasteiger charge is -2.09. The third-order valence-corrected chi connectivity index (χ3v) is 2.43. The van der Waals surface area contributed by atoms with Crippen molar-refractivity contribution in [2.24, 2.45) is 0 Å². The average molecular weight is 242 g/mol. The van der Waals surface area contributed by atoms with Crippen molar-refractivity contribution in [1.29, 1.82) is 0 Å². The Morgan fingerprint density at radius 3 is 2.71 bits per heavy atom. The van der Waals surface area contributed by atoms with Crippen LogP contribution < -0.4 is 5.73 Å². The number of hydrogen-bond acceptors (Lipinski definition) is 5. The molecule has 0 saturated heterocycles. The lowest BCUT2D eigenvalue weighted by molar-refractivity contribution is 0.0953. The zero-order valence-electron chi connectivity index (χ0n) is 10.8. The summed E-state index contributed by atoms with van der Waals surface area (Å²) in [6, 6.07) is 0. The summed E-state index contributed by atoms with van der Waals surface area (Å²) in [5.41, 5.74) is 6.74. The highest BCUT2D eigenvalue weighted by molar-refractivity contribution is 5.34. The molecule has 0 aliphatic rings. The van der Waals surface area contributed by atoms with E-state index in [2.05, 4.69) is 24.2 Å². The Morgan fingerprint density at radius 1 is 1.29 bits per heavy atom. The summed E-state index contributed by atoms with van der Waals surface area (Å²) < 4.78 is 12.2. The van der Waals surface area contributed by atoms with Crippen LogP contribution in [0.15, 0.2) is 0 Å². The van der Waals surface area contributed by atoms with E-state index >= 15 is 0 Å². The van der Waals surface area contributed by atoms with Crippen molar-refractivity contribution in [3.63, 3.8) is 0 Å². The molecule has 0 saturated carbocycles. The summed E-state index contributed by atoms with van der Waals surface area (Å²) >= 11 is 0. The number of anilines is 1. The van der Waals surface area contributed by atoms with Crippen LogP contribution >= 0.6 is 0 Å². The second-order valence-corrected chi connectivity index (χ2v) is 4.20. The minimum Gasteiger partial charge on any atom is -0.385 e. The molecule has 98 valence electrons. The lowest BCUT2D eigenvalue weighted by atomic mass is 10.1. The number of rotatable bonds is 8. The summed E-state index contributed by atoms with van der Waals surface area (Å²) in [6.45, 7) is 6.88. The molecule has 6 heteroatoms. The van der Waals surface area contributed by atoms with Crippen LogP contribution in [0.5, 0.6) is 0 Å². The van der Waals surface area contributed by atoms with Crippen LogP contribution in [0.25, 0.3) is 0 Å². The predicted molar refractivity (Wildman–Crippen MR) is 65.8 cm³/mol. The second-order valence-electron chi connectivity index (χ2n) is 4.20. The predicted octanol–water partition coefficient (Wildman–Crippen LogP) is 1.04. The van der Waals surface area contributed by atoms with E-state index in [-0.39, 0.29) is 0 Å². The van der Waals surface area contributed by atoms with Gasteiger partial charge in [-0.3, -0.25) is 0 Å². The Bertz CT molecular complexity index is 325. The first kappa shape index (κ1) is 13.9. The molecule has 1 aromatic heterocycles. The van der Waals surface area contributed by atoms with Crippen molar-refractivity contribution in [2.45, 2.75) is 32.7 Å². The second kappa shape index (κ2) is 7.24. The molecule has 0 aliphatic heterocycles. The maximum absolute atomic E-state index is 5.76. The quantitative estimate of drug-likeness (QED) is 0.689. The van der Waals surface area contributed by atoms with Crippen LogP contribution in [0.3, 0.4) is 0 Å². The molecule has 0 radical (unpaired) electrons. The van der Waals surface area contributed by atoms with Gasteiger partial charge in [-0.2, -0.15) is 0 Å². The van der Waals surface area contributed by atoms with E-state index in [0.717, 1.165) is 18.7 Å². The van der Waals surface area contributed by atoms with Crippen molar-refractivity contribution in [3.05, 3.63) is 5.69 Å². The third-order valence-electron chi connectivity index (χ3n) is 2.43. The molecule has 0 fully saturated rings. The summed E-state index contributed by atoms with van der Waals surface area (Å²) in [5.74, 6) is 0.831. The fraction of sp³-hybridized carbons (Fsp3) is 0.818. The van der Waals surface area contributed by atoms with Crippen molar-refractivity contribution in [1.82, 2.24) is 15.0 Å². The Kier molecular flexibility index (Phi) is 5.93. The van der Waals surface area contributed by atoms with E-state index in [1.807, 2.05) is 4.68 Å². The summed E-state index contributed by atoms with van der Waals surface area (Å²) in [5, 5.41) is 7.89. The SMILES string of the molecule is COCCCOCCn1nnc(N)c1C(C)C. The number of methoxy groups -OCH3 is 1. The van der Waals surface area contributed by atoms with Gasteiger partial charge in [-0.05, 0) is 12.3 Å². The molecule has 17 heavy (non-hydrogen) atoms. The molecule has 0 spiro atoms. The van der Waals surface area contributed by atoms with Gasteiger partial charge in [0.05, 0.1) is 18.8 Å². The van der Waals surface area contributed by atoms with Gasteiger partial charge in [0.25, 0.3) is 0 Å². The zero-order valence-corrected chi connectivity index (χ0v) is 10.8. The molecule has 1 heterocycles. The Hall–Kier alpha value is -1.14.